The maximum absolute atomic E-state index is 12.7. The molecule has 1 aromatic carbocycles. The van der Waals surface area contributed by atoms with Crippen LogP contribution in [0.3, 0.4) is 0 Å². The maximum atomic E-state index is 12.7. The van der Waals surface area contributed by atoms with E-state index in [2.05, 4.69) is 16.2 Å². The number of pyridine rings is 1. The molecule has 0 saturated carbocycles. The highest BCUT2D eigenvalue weighted by atomic mass is 16.1. The van der Waals surface area contributed by atoms with E-state index in [9.17, 15) is 9.59 Å². The zero-order chi connectivity index (χ0) is 16.7. The molecule has 3 rings (SSSR count). The summed E-state index contributed by atoms with van der Waals surface area (Å²) in [6.45, 7) is 1.91. The molecule has 2 heterocycles. The Morgan fingerprint density at radius 2 is 2.04 bits per heavy atom. The lowest BCUT2D eigenvalue weighted by Crippen LogP contribution is -2.29. The van der Waals surface area contributed by atoms with Gasteiger partial charge in [0.2, 0.25) is 0 Å². The summed E-state index contributed by atoms with van der Waals surface area (Å²) in [6.07, 6.45) is -0.435. The molecule has 1 aliphatic rings. The van der Waals surface area contributed by atoms with Gasteiger partial charge in [0.05, 0.1) is 11.4 Å². The Morgan fingerprint density at radius 1 is 1.30 bits per heavy atom. The number of fused-ring (bicyclic) bond motifs is 1. The molecule has 7 nitrogen and oxygen atoms in total. The minimum atomic E-state index is -0.435. The molecule has 0 spiro atoms. The first-order valence-corrected chi connectivity index (χ1v) is 7.28. The van der Waals surface area contributed by atoms with Gasteiger partial charge in [0, 0.05) is 25.2 Å². The molecule has 0 radical (unpaired) electrons. The third kappa shape index (κ3) is 2.39. The van der Waals surface area contributed by atoms with E-state index >= 15 is 0 Å². The van der Waals surface area contributed by atoms with E-state index in [-0.39, 0.29) is 11.5 Å². The van der Waals surface area contributed by atoms with E-state index in [0.29, 0.717) is 16.8 Å². The number of aromatic nitrogens is 1. The van der Waals surface area contributed by atoms with Gasteiger partial charge in [-0.3, -0.25) is 9.59 Å². The van der Waals surface area contributed by atoms with Gasteiger partial charge in [0.25, 0.3) is 11.5 Å². The van der Waals surface area contributed by atoms with Crippen LogP contribution in [-0.2, 0) is 7.05 Å². The average Bonchev–Trinajstić information content (AvgIpc) is 2.92. The second kappa shape index (κ2) is 5.53. The molecule has 1 amide bonds. The fourth-order valence-corrected chi connectivity index (χ4v) is 2.84. The summed E-state index contributed by atoms with van der Waals surface area (Å²) in [5.41, 5.74) is 15.8. The molecular weight excluding hydrogens is 294 g/mol. The number of hydrogen-bond acceptors (Lipinski definition) is 5. The van der Waals surface area contributed by atoms with Crippen molar-refractivity contribution >= 4 is 11.6 Å². The van der Waals surface area contributed by atoms with Crippen molar-refractivity contribution < 1.29 is 4.79 Å². The Labute approximate surface area is 133 Å². The Hall–Kier alpha value is -2.64. The van der Waals surface area contributed by atoms with Crippen LogP contribution in [-0.4, -0.2) is 17.5 Å². The first-order valence-electron chi connectivity index (χ1n) is 7.28. The van der Waals surface area contributed by atoms with Gasteiger partial charge >= 0.3 is 0 Å². The molecule has 1 aliphatic heterocycles. The number of carbonyl (C=O) groups is 1. The van der Waals surface area contributed by atoms with E-state index in [1.165, 1.54) is 4.57 Å². The van der Waals surface area contributed by atoms with Crippen LogP contribution in [0.5, 0.6) is 0 Å². The van der Waals surface area contributed by atoms with Crippen LogP contribution in [0.4, 0.5) is 5.69 Å². The van der Waals surface area contributed by atoms with Gasteiger partial charge in [-0.15, -0.1) is 0 Å². The van der Waals surface area contributed by atoms with Gasteiger partial charge in [-0.1, -0.05) is 6.07 Å². The summed E-state index contributed by atoms with van der Waals surface area (Å²) in [4.78, 5) is 24.6. The van der Waals surface area contributed by atoms with Crippen LogP contribution in [0.25, 0.3) is 11.1 Å². The number of nitrogens with two attached hydrogens (primary N) is 1. The highest BCUT2D eigenvalue weighted by Gasteiger charge is 2.24. The molecule has 120 valence electrons. The van der Waals surface area contributed by atoms with Crippen molar-refractivity contribution in [3.63, 3.8) is 0 Å². The van der Waals surface area contributed by atoms with Crippen molar-refractivity contribution in [2.75, 3.05) is 12.5 Å². The van der Waals surface area contributed by atoms with Crippen LogP contribution in [0.1, 0.15) is 27.8 Å². The number of carbonyl (C=O) groups excluding carboxylic acids is 1. The lowest BCUT2D eigenvalue weighted by molar-refractivity contribution is 0.0963. The number of rotatable bonds is 2. The molecule has 2 aromatic rings. The number of hydrazine groups is 1. The van der Waals surface area contributed by atoms with E-state index in [0.717, 1.165) is 16.8 Å². The van der Waals surface area contributed by atoms with E-state index in [1.807, 2.05) is 13.0 Å². The molecular formula is C16H19N5O2. The number of nitrogens with zero attached hydrogens (tertiary/aromatic N) is 1. The van der Waals surface area contributed by atoms with Crippen molar-refractivity contribution in [2.24, 2.45) is 12.8 Å². The minimum absolute atomic E-state index is 0.151. The summed E-state index contributed by atoms with van der Waals surface area (Å²) in [7, 11) is 3.27. The first-order chi connectivity index (χ1) is 10.9. The highest BCUT2D eigenvalue weighted by molar-refractivity contribution is 5.95. The van der Waals surface area contributed by atoms with Crippen molar-refractivity contribution in [2.45, 2.75) is 13.1 Å². The second-order valence-electron chi connectivity index (χ2n) is 5.58. The Kier molecular flexibility index (Phi) is 3.67. The molecule has 0 aliphatic carbocycles. The van der Waals surface area contributed by atoms with Crippen molar-refractivity contribution in [3.8, 4) is 11.1 Å². The largest absolute Gasteiger partial charge is 0.355 e. The van der Waals surface area contributed by atoms with E-state index in [4.69, 9.17) is 5.73 Å². The summed E-state index contributed by atoms with van der Waals surface area (Å²) < 4.78 is 1.54. The third-order valence-corrected chi connectivity index (χ3v) is 4.13. The topological polar surface area (TPSA) is 101 Å². The Bertz CT molecular complexity index is 856. The zero-order valence-electron chi connectivity index (χ0n) is 13.2. The van der Waals surface area contributed by atoms with Crippen LogP contribution in [0, 0.1) is 6.92 Å². The normalized spacial score (nSPS) is 15.9. The van der Waals surface area contributed by atoms with Crippen molar-refractivity contribution in [1.29, 1.82) is 0 Å². The highest BCUT2D eigenvalue weighted by Crippen LogP contribution is 2.29. The zero-order valence-corrected chi connectivity index (χ0v) is 13.2. The smallest absolute Gasteiger partial charge is 0.258 e. The Balaban J connectivity index is 2.22. The van der Waals surface area contributed by atoms with Crippen molar-refractivity contribution in [3.05, 3.63) is 51.4 Å². The predicted molar refractivity (Wildman–Crippen MR) is 88.9 cm³/mol. The fourth-order valence-electron chi connectivity index (χ4n) is 2.84. The van der Waals surface area contributed by atoms with Crippen LogP contribution < -0.4 is 27.5 Å². The van der Waals surface area contributed by atoms with Crippen LogP contribution >= 0.6 is 0 Å². The van der Waals surface area contributed by atoms with Gasteiger partial charge in [0.15, 0.2) is 0 Å². The minimum Gasteiger partial charge on any atom is -0.355 e. The number of hydrogen-bond donors (Lipinski definition) is 4. The molecule has 1 atom stereocenters. The van der Waals surface area contributed by atoms with Crippen LogP contribution in [0.2, 0.25) is 0 Å². The monoisotopic (exact) mass is 313 g/mol. The van der Waals surface area contributed by atoms with Crippen molar-refractivity contribution in [1.82, 2.24) is 15.3 Å². The lowest BCUT2D eigenvalue weighted by atomic mass is 9.98. The predicted octanol–water partition coefficient (Wildman–Crippen LogP) is 0.608. The van der Waals surface area contributed by atoms with Crippen LogP contribution in [0.15, 0.2) is 29.1 Å². The Morgan fingerprint density at radius 3 is 2.74 bits per heavy atom. The molecule has 0 bridgehead atoms. The first kappa shape index (κ1) is 15.3. The number of anilines is 1. The summed E-state index contributed by atoms with van der Waals surface area (Å²) >= 11 is 0. The average molecular weight is 313 g/mol. The molecule has 1 aromatic heterocycles. The SMILES string of the molecule is CNC(=O)c1ccc(C)c(-c2cc3c(n(C)c2=O)C(N)NN3)c1. The fraction of sp³-hybridized carbons (Fsp3) is 0.250. The summed E-state index contributed by atoms with van der Waals surface area (Å²) in [5.74, 6) is -0.189. The van der Waals surface area contributed by atoms with E-state index in [1.54, 1.807) is 32.3 Å². The molecule has 23 heavy (non-hydrogen) atoms. The number of aryl methyl sites for hydroxylation is 1. The third-order valence-electron chi connectivity index (χ3n) is 4.13. The number of nitrogens with one attached hydrogen (secondary N) is 3. The molecule has 5 N–H and O–H groups in total. The van der Waals surface area contributed by atoms with E-state index < -0.39 is 6.17 Å². The van der Waals surface area contributed by atoms with Gasteiger partial charge in [-0.2, -0.15) is 0 Å². The summed E-state index contributed by atoms with van der Waals surface area (Å²) in [5, 5.41) is 2.59. The number of benzene rings is 1. The van der Waals surface area contributed by atoms with Gasteiger partial charge in [-0.05, 0) is 36.2 Å². The molecule has 1 unspecified atom stereocenters. The molecule has 7 heteroatoms. The number of amides is 1. The maximum Gasteiger partial charge on any atom is 0.258 e. The lowest BCUT2D eigenvalue weighted by Gasteiger charge is -2.13. The second-order valence-corrected chi connectivity index (χ2v) is 5.58. The quantitative estimate of drug-likeness (QED) is 0.651. The molecule has 0 saturated heterocycles. The van der Waals surface area contributed by atoms with Gasteiger partial charge in [-0.25, -0.2) is 5.43 Å². The van der Waals surface area contributed by atoms with Gasteiger partial charge < -0.3 is 21.0 Å². The molecule has 0 fully saturated rings. The van der Waals surface area contributed by atoms with Gasteiger partial charge in [0.1, 0.15) is 6.17 Å². The summed E-state index contributed by atoms with van der Waals surface area (Å²) in [6, 6.07) is 7.09. The standard InChI is InChI=1S/C16H19N5O2/c1-8-4-5-9(15(22)18-2)6-10(8)11-7-12-13(14(17)20-19-12)21(3)16(11)23/h4-7,14,19-20H,17H2,1-3H3,(H,18,22).